The lowest BCUT2D eigenvalue weighted by Gasteiger charge is -2.18. The molecule has 0 saturated heterocycles. The fraction of sp³-hybridized carbons (Fsp3) is 0.417. The molecular formula is C12H14F2N2S. The Balaban J connectivity index is 2.10. The molecule has 0 spiro atoms. The van der Waals surface area contributed by atoms with E-state index in [0.29, 0.717) is 13.0 Å². The van der Waals surface area contributed by atoms with Gasteiger partial charge in [0.1, 0.15) is 5.01 Å². The van der Waals surface area contributed by atoms with Gasteiger partial charge in [-0.3, -0.25) is 0 Å². The SMILES string of the molecule is CC(F)(F)C1=CCC(c2csc(CN)n2)C=C1. The minimum absolute atomic E-state index is 0.0861. The largest absolute Gasteiger partial charge is 0.325 e. The summed E-state index contributed by atoms with van der Waals surface area (Å²) in [7, 11) is 0. The number of nitrogens with zero attached hydrogens (tertiary/aromatic N) is 1. The van der Waals surface area contributed by atoms with Gasteiger partial charge in [0.05, 0.1) is 5.69 Å². The quantitative estimate of drug-likeness (QED) is 0.901. The van der Waals surface area contributed by atoms with Gasteiger partial charge in [-0.05, 0) is 6.42 Å². The molecule has 1 heterocycles. The maximum Gasteiger partial charge on any atom is 0.270 e. The fourth-order valence-corrected chi connectivity index (χ4v) is 2.49. The Hall–Kier alpha value is -1.07. The molecule has 17 heavy (non-hydrogen) atoms. The second-order valence-corrected chi connectivity index (χ2v) is 5.06. The zero-order valence-electron chi connectivity index (χ0n) is 9.49. The molecule has 0 radical (unpaired) electrons. The van der Waals surface area contributed by atoms with Gasteiger partial charge in [0.15, 0.2) is 0 Å². The molecule has 0 saturated carbocycles. The van der Waals surface area contributed by atoms with Gasteiger partial charge in [0.25, 0.3) is 5.92 Å². The van der Waals surface area contributed by atoms with Gasteiger partial charge in [-0.2, -0.15) is 0 Å². The van der Waals surface area contributed by atoms with Crippen molar-refractivity contribution in [1.29, 1.82) is 0 Å². The first-order chi connectivity index (χ1) is 8.00. The molecule has 1 aromatic rings. The van der Waals surface area contributed by atoms with Gasteiger partial charge in [0.2, 0.25) is 0 Å². The first-order valence-electron chi connectivity index (χ1n) is 5.41. The van der Waals surface area contributed by atoms with Crippen LogP contribution in [0.25, 0.3) is 0 Å². The molecule has 0 bridgehead atoms. The number of halogens is 2. The Morgan fingerprint density at radius 1 is 1.59 bits per heavy atom. The molecule has 1 aliphatic rings. The standard InChI is InChI=1S/C12H14F2N2S/c1-12(13,14)9-4-2-8(3-5-9)10-7-17-11(6-15)16-10/h2,4-5,7-8H,3,6,15H2,1H3. The number of aromatic nitrogens is 1. The smallest absolute Gasteiger partial charge is 0.270 e. The number of hydrogen-bond donors (Lipinski definition) is 1. The van der Waals surface area contributed by atoms with Gasteiger partial charge in [-0.15, -0.1) is 11.3 Å². The number of nitrogens with two attached hydrogens (primary N) is 1. The van der Waals surface area contributed by atoms with Crippen LogP contribution in [-0.2, 0) is 6.54 Å². The first kappa shape index (κ1) is 12.4. The average molecular weight is 256 g/mol. The summed E-state index contributed by atoms with van der Waals surface area (Å²) in [5, 5.41) is 2.82. The van der Waals surface area contributed by atoms with E-state index in [1.807, 2.05) is 5.38 Å². The summed E-state index contributed by atoms with van der Waals surface area (Å²) >= 11 is 1.51. The molecule has 0 fully saturated rings. The van der Waals surface area contributed by atoms with Gasteiger partial charge in [-0.25, -0.2) is 13.8 Å². The van der Waals surface area contributed by atoms with E-state index < -0.39 is 5.92 Å². The maximum absolute atomic E-state index is 13.0. The number of rotatable bonds is 3. The van der Waals surface area contributed by atoms with Crippen molar-refractivity contribution in [3.8, 4) is 0 Å². The predicted octanol–water partition coefficient (Wildman–Crippen LogP) is 3.23. The zero-order chi connectivity index (χ0) is 12.5. The van der Waals surface area contributed by atoms with Crippen LogP contribution in [0.4, 0.5) is 8.78 Å². The van der Waals surface area contributed by atoms with Crippen LogP contribution in [0.3, 0.4) is 0 Å². The summed E-state index contributed by atoms with van der Waals surface area (Å²) in [5.41, 5.74) is 6.49. The third-order valence-electron chi connectivity index (χ3n) is 2.73. The van der Waals surface area contributed by atoms with Gasteiger partial charge >= 0.3 is 0 Å². The summed E-state index contributed by atoms with van der Waals surface area (Å²) in [5.74, 6) is -2.66. The molecule has 5 heteroatoms. The van der Waals surface area contributed by atoms with Crippen LogP contribution in [0, 0.1) is 0 Å². The van der Waals surface area contributed by atoms with Crippen LogP contribution >= 0.6 is 11.3 Å². The van der Waals surface area contributed by atoms with Gasteiger partial charge < -0.3 is 5.73 Å². The van der Waals surface area contributed by atoms with E-state index in [0.717, 1.165) is 17.6 Å². The lowest BCUT2D eigenvalue weighted by atomic mass is 9.92. The molecule has 2 rings (SSSR count). The normalized spacial score (nSPS) is 20.5. The highest BCUT2D eigenvalue weighted by Gasteiger charge is 2.27. The maximum atomic E-state index is 13.0. The third kappa shape index (κ3) is 2.79. The lowest BCUT2D eigenvalue weighted by molar-refractivity contribution is 0.0667. The number of hydrogen-bond acceptors (Lipinski definition) is 3. The minimum Gasteiger partial charge on any atom is -0.325 e. The van der Waals surface area contributed by atoms with Crippen LogP contribution in [0.15, 0.2) is 29.2 Å². The van der Waals surface area contributed by atoms with Crippen molar-refractivity contribution in [3.63, 3.8) is 0 Å². The Morgan fingerprint density at radius 2 is 2.35 bits per heavy atom. The van der Waals surface area contributed by atoms with Crippen LogP contribution in [-0.4, -0.2) is 10.9 Å². The molecule has 2 nitrogen and oxygen atoms in total. The monoisotopic (exact) mass is 256 g/mol. The summed E-state index contributed by atoms with van der Waals surface area (Å²) in [6.45, 7) is 1.34. The van der Waals surface area contributed by atoms with E-state index >= 15 is 0 Å². The minimum atomic E-state index is -2.76. The highest BCUT2D eigenvalue weighted by atomic mass is 32.1. The molecule has 1 atom stereocenters. The van der Waals surface area contributed by atoms with Crippen LogP contribution in [0.2, 0.25) is 0 Å². The van der Waals surface area contributed by atoms with E-state index in [1.54, 1.807) is 12.2 Å². The van der Waals surface area contributed by atoms with Crippen molar-refractivity contribution in [1.82, 2.24) is 4.98 Å². The molecular weight excluding hydrogens is 242 g/mol. The van der Waals surface area contributed by atoms with E-state index in [4.69, 9.17) is 5.73 Å². The number of allylic oxidation sites excluding steroid dienone is 4. The topological polar surface area (TPSA) is 38.9 Å². The molecule has 1 unspecified atom stereocenters. The zero-order valence-corrected chi connectivity index (χ0v) is 10.3. The first-order valence-corrected chi connectivity index (χ1v) is 6.29. The molecule has 1 aromatic heterocycles. The van der Waals surface area contributed by atoms with Gasteiger partial charge in [-0.1, -0.05) is 18.2 Å². The third-order valence-corrected chi connectivity index (χ3v) is 3.62. The second kappa shape index (κ2) is 4.66. The summed E-state index contributed by atoms with van der Waals surface area (Å²) in [4.78, 5) is 4.37. The molecule has 0 aliphatic heterocycles. The van der Waals surface area contributed by atoms with Gasteiger partial charge in [0, 0.05) is 30.3 Å². The Kier molecular flexibility index (Phi) is 3.40. The van der Waals surface area contributed by atoms with Crippen molar-refractivity contribution in [2.24, 2.45) is 5.73 Å². The summed E-state index contributed by atoms with van der Waals surface area (Å²) < 4.78 is 26.1. The van der Waals surface area contributed by atoms with E-state index in [2.05, 4.69) is 4.98 Å². The predicted molar refractivity (Wildman–Crippen MR) is 65.2 cm³/mol. The summed E-state index contributed by atoms with van der Waals surface area (Å²) in [6.07, 6.45) is 5.45. The highest BCUT2D eigenvalue weighted by molar-refractivity contribution is 7.09. The van der Waals surface area contributed by atoms with Crippen molar-refractivity contribution in [2.45, 2.75) is 31.7 Å². The van der Waals surface area contributed by atoms with Crippen LogP contribution in [0.5, 0.6) is 0 Å². The Bertz CT molecular complexity index is 457. The van der Waals surface area contributed by atoms with Crippen LogP contribution in [0.1, 0.15) is 30.0 Å². The highest BCUT2D eigenvalue weighted by Crippen LogP contribution is 2.33. The molecule has 1 aliphatic carbocycles. The molecule has 2 N–H and O–H groups in total. The summed E-state index contributed by atoms with van der Waals surface area (Å²) in [6, 6.07) is 0. The van der Waals surface area contributed by atoms with Crippen molar-refractivity contribution < 1.29 is 8.78 Å². The van der Waals surface area contributed by atoms with Crippen molar-refractivity contribution >= 4 is 11.3 Å². The molecule has 92 valence electrons. The Labute approximate surface area is 103 Å². The van der Waals surface area contributed by atoms with E-state index in [1.165, 1.54) is 17.4 Å². The van der Waals surface area contributed by atoms with E-state index in [-0.39, 0.29) is 11.5 Å². The molecule has 0 amide bonds. The average Bonchev–Trinajstić information content (AvgIpc) is 2.76. The second-order valence-electron chi connectivity index (χ2n) is 4.12. The fourth-order valence-electron chi connectivity index (χ4n) is 1.75. The van der Waals surface area contributed by atoms with Crippen molar-refractivity contribution in [3.05, 3.63) is 39.9 Å². The number of thiazole rings is 1. The van der Waals surface area contributed by atoms with E-state index in [9.17, 15) is 8.78 Å². The Morgan fingerprint density at radius 3 is 2.82 bits per heavy atom. The van der Waals surface area contributed by atoms with Crippen molar-refractivity contribution in [2.75, 3.05) is 0 Å². The number of alkyl halides is 2. The van der Waals surface area contributed by atoms with Crippen LogP contribution < -0.4 is 5.73 Å². The molecule has 0 aromatic carbocycles. The lowest BCUT2D eigenvalue weighted by Crippen LogP contribution is -2.14.